The molecule has 192 valence electrons. The average Bonchev–Trinajstić information content (AvgIpc) is 3.14. The molecule has 5 fully saturated rings. The minimum atomic E-state index is -0.514. The number of carbonyl (C=O) groups is 2. The van der Waals surface area contributed by atoms with Gasteiger partial charge in [-0.25, -0.2) is 0 Å². The number of halogens is 1. The van der Waals surface area contributed by atoms with E-state index >= 15 is 0 Å². The number of alkyl halides is 1. The molecule has 0 amide bonds. The molecule has 1 N–H and O–H groups in total. The Balaban J connectivity index is 1.57. The number of carbonyl (C=O) groups excluding carboxylic acids is 1. The molecule has 5 rings (SSSR count). The Morgan fingerprint density at radius 2 is 1.59 bits per heavy atom. The summed E-state index contributed by atoms with van der Waals surface area (Å²) in [7, 11) is 0. The number of carboxylic acid groups (broad SMARTS) is 1. The van der Waals surface area contributed by atoms with Crippen molar-refractivity contribution in [3.63, 3.8) is 0 Å². The SMILES string of the molecule is CC(C)C1CC[C@]2(C(=O)O)CC[C@]3(C)C(CCC4[C@@]5(C)CC(Br)C(=O)C(C)(C)C5CC[C@]43C)C12. The standard InChI is InChI=1S/C30H47BrO3/c1-17(2)18-10-13-30(25(33)34)15-14-28(6)19(23(18)30)8-9-22-27(5)16-20(31)24(32)26(3,4)21(27)11-12-29(22,28)7/h17-23H,8-16H2,1-7H3,(H,33,34)/t18?,19?,20?,21?,22?,23?,27-,28+,29+,30-/m0/s1. The average molecular weight is 536 g/mol. The Kier molecular flexibility index (Phi) is 5.63. The van der Waals surface area contributed by atoms with E-state index in [0.29, 0.717) is 41.3 Å². The van der Waals surface area contributed by atoms with E-state index in [-0.39, 0.29) is 26.5 Å². The highest BCUT2D eigenvalue weighted by Gasteiger charge is 2.72. The van der Waals surface area contributed by atoms with Gasteiger partial charge in [0.05, 0.1) is 10.2 Å². The Morgan fingerprint density at radius 1 is 0.912 bits per heavy atom. The van der Waals surface area contributed by atoms with Gasteiger partial charge in [-0.3, -0.25) is 9.59 Å². The van der Waals surface area contributed by atoms with Gasteiger partial charge in [0.25, 0.3) is 0 Å². The van der Waals surface area contributed by atoms with Crippen molar-refractivity contribution in [2.24, 2.45) is 62.6 Å². The van der Waals surface area contributed by atoms with E-state index < -0.39 is 11.4 Å². The highest BCUT2D eigenvalue weighted by molar-refractivity contribution is 9.10. The van der Waals surface area contributed by atoms with Crippen molar-refractivity contribution >= 4 is 27.7 Å². The molecule has 0 spiro atoms. The number of ketones is 1. The molecule has 10 atom stereocenters. The molecule has 4 heteroatoms. The van der Waals surface area contributed by atoms with E-state index in [9.17, 15) is 14.7 Å². The zero-order valence-electron chi connectivity index (χ0n) is 22.5. The summed E-state index contributed by atoms with van der Waals surface area (Å²) in [4.78, 5) is 26.0. The molecule has 5 saturated carbocycles. The second-order valence-electron chi connectivity index (χ2n) is 14.9. The molecule has 0 aliphatic heterocycles. The Labute approximate surface area is 215 Å². The van der Waals surface area contributed by atoms with Gasteiger partial charge >= 0.3 is 5.97 Å². The largest absolute Gasteiger partial charge is 0.481 e. The Hall–Kier alpha value is -0.380. The zero-order valence-corrected chi connectivity index (χ0v) is 24.1. The molecule has 0 aromatic heterocycles. The minimum Gasteiger partial charge on any atom is -0.481 e. The van der Waals surface area contributed by atoms with Crippen LogP contribution in [-0.4, -0.2) is 21.7 Å². The monoisotopic (exact) mass is 534 g/mol. The summed E-state index contributed by atoms with van der Waals surface area (Å²) in [6.45, 7) is 16.7. The van der Waals surface area contributed by atoms with Crippen molar-refractivity contribution in [1.82, 2.24) is 0 Å². The molecule has 5 aliphatic rings. The zero-order chi connectivity index (χ0) is 25.1. The first-order valence-electron chi connectivity index (χ1n) is 14.1. The summed E-state index contributed by atoms with van der Waals surface area (Å²) in [6, 6.07) is 0. The molecule has 3 nitrogen and oxygen atoms in total. The number of hydrogen-bond donors (Lipinski definition) is 1. The normalized spacial score (nSPS) is 54.1. The minimum absolute atomic E-state index is 0.0391. The number of carboxylic acids is 1. The predicted octanol–water partition coefficient (Wildman–Crippen LogP) is 7.75. The smallest absolute Gasteiger partial charge is 0.309 e. The molecular formula is C30H47BrO3. The fourth-order valence-corrected chi connectivity index (χ4v) is 12.9. The molecule has 0 radical (unpaired) electrons. The van der Waals surface area contributed by atoms with Gasteiger partial charge in [-0.2, -0.15) is 0 Å². The topological polar surface area (TPSA) is 54.4 Å². The van der Waals surface area contributed by atoms with Gasteiger partial charge in [0.15, 0.2) is 5.78 Å². The van der Waals surface area contributed by atoms with Crippen LogP contribution in [0.3, 0.4) is 0 Å². The second-order valence-corrected chi connectivity index (χ2v) is 16.0. The van der Waals surface area contributed by atoms with Crippen molar-refractivity contribution < 1.29 is 14.7 Å². The van der Waals surface area contributed by atoms with Crippen LogP contribution in [0.25, 0.3) is 0 Å². The highest BCUT2D eigenvalue weighted by atomic mass is 79.9. The Bertz CT molecular complexity index is 895. The van der Waals surface area contributed by atoms with Gasteiger partial charge in [0.2, 0.25) is 0 Å². The Morgan fingerprint density at radius 3 is 2.21 bits per heavy atom. The van der Waals surface area contributed by atoms with E-state index in [1.54, 1.807) is 0 Å². The molecular weight excluding hydrogens is 488 g/mol. The molecule has 34 heavy (non-hydrogen) atoms. The molecule has 6 unspecified atom stereocenters. The number of rotatable bonds is 2. The van der Waals surface area contributed by atoms with Crippen molar-refractivity contribution in [2.75, 3.05) is 0 Å². The highest BCUT2D eigenvalue weighted by Crippen LogP contribution is 2.77. The molecule has 0 saturated heterocycles. The lowest BCUT2D eigenvalue weighted by Gasteiger charge is -2.72. The first-order chi connectivity index (χ1) is 15.7. The summed E-state index contributed by atoms with van der Waals surface area (Å²) in [5, 5.41) is 10.5. The summed E-state index contributed by atoms with van der Waals surface area (Å²) in [5.74, 6) is 2.83. The van der Waals surface area contributed by atoms with Crippen molar-refractivity contribution in [1.29, 1.82) is 0 Å². The van der Waals surface area contributed by atoms with E-state index in [2.05, 4.69) is 64.4 Å². The van der Waals surface area contributed by atoms with Crippen molar-refractivity contribution in [2.45, 2.75) is 111 Å². The first-order valence-corrected chi connectivity index (χ1v) is 15.0. The van der Waals surface area contributed by atoms with Crippen LogP contribution < -0.4 is 0 Å². The molecule has 0 heterocycles. The second kappa shape index (κ2) is 7.57. The summed E-state index contributed by atoms with van der Waals surface area (Å²) in [5.41, 5.74) is -0.234. The third kappa shape index (κ3) is 2.87. The van der Waals surface area contributed by atoms with Crippen molar-refractivity contribution in [3.8, 4) is 0 Å². The lowest BCUT2D eigenvalue weighted by molar-refractivity contribution is -0.236. The molecule has 0 aromatic carbocycles. The summed E-state index contributed by atoms with van der Waals surface area (Å²) in [6.07, 6.45) is 9.52. The van der Waals surface area contributed by atoms with Crippen LogP contribution >= 0.6 is 15.9 Å². The summed E-state index contributed by atoms with van der Waals surface area (Å²) >= 11 is 3.81. The van der Waals surface area contributed by atoms with Crippen LogP contribution in [0.4, 0.5) is 0 Å². The first kappa shape index (κ1) is 25.3. The van der Waals surface area contributed by atoms with Gasteiger partial charge in [-0.15, -0.1) is 0 Å². The van der Waals surface area contributed by atoms with Crippen LogP contribution in [-0.2, 0) is 9.59 Å². The third-order valence-electron chi connectivity index (χ3n) is 13.4. The quantitative estimate of drug-likeness (QED) is 0.368. The van der Waals surface area contributed by atoms with Gasteiger partial charge in [0.1, 0.15) is 0 Å². The van der Waals surface area contributed by atoms with Crippen LogP contribution in [0.1, 0.15) is 106 Å². The van der Waals surface area contributed by atoms with Gasteiger partial charge in [0, 0.05) is 5.41 Å². The number of fused-ring (bicyclic) bond motifs is 7. The lowest BCUT2D eigenvalue weighted by atomic mass is 9.32. The maximum atomic E-state index is 13.2. The van der Waals surface area contributed by atoms with E-state index in [4.69, 9.17) is 0 Å². The predicted molar refractivity (Wildman–Crippen MR) is 140 cm³/mol. The van der Waals surface area contributed by atoms with Gasteiger partial charge < -0.3 is 5.11 Å². The maximum Gasteiger partial charge on any atom is 0.309 e. The van der Waals surface area contributed by atoms with Gasteiger partial charge in [-0.1, -0.05) is 64.4 Å². The molecule has 5 aliphatic carbocycles. The van der Waals surface area contributed by atoms with E-state index in [1.807, 2.05) is 0 Å². The van der Waals surface area contributed by atoms with Crippen molar-refractivity contribution in [3.05, 3.63) is 0 Å². The number of Topliss-reactive ketones (excluding diaryl/α,β-unsaturated/α-hetero) is 1. The van der Waals surface area contributed by atoms with E-state index in [1.165, 1.54) is 19.3 Å². The fourth-order valence-electron chi connectivity index (χ4n) is 11.7. The van der Waals surface area contributed by atoms with Gasteiger partial charge in [-0.05, 0) is 110 Å². The van der Waals surface area contributed by atoms with Crippen LogP contribution in [0.5, 0.6) is 0 Å². The summed E-state index contributed by atoms with van der Waals surface area (Å²) < 4.78 is 0. The lowest BCUT2D eigenvalue weighted by Crippen LogP contribution is -2.67. The maximum absolute atomic E-state index is 13.2. The number of hydrogen-bond acceptors (Lipinski definition) is 2. The molecule has 0 aromatic rings. The number of aliphatic carboxylic acids is 1. The van der Waals surface area contributed by atoms with Crippen LogP contribution in [0.2, 0.25) is 0 Å². The van der Waals surface area contributed by atoms with Crippen LogP contribution in [0.15, 0.2) is 0 Å². The molecule has 0 bridgehead atoms. The fraction of sp³-hybridized carbons (Fsp3) is 0.933. The third-order valence-corrected chi connectivity index (χ3v) is 14.2. The van der Waals surface area contributed by atoms with Crippen LogP contribution in [0, 0.1) is 62.6 Å². The van der Waals surface area contributed by atoms with E-state index in [0.717, 1.165) is 38.5 Å².